The fourth-order valence-electron chi connectivity index (χ4n) is 1.64. The maximum absolute atomic E-state index is 11.9. The van der Waals surface area contributed by atoms with E-state index in [1.807, 2.05) is 38.1 Å². The number of carbonyl (C=O) groups is 1. The maximum Gasteiger partial charge on any atom is 0.251 e. The quantitative estimate of drug-likeness (QED) is 0.845. The van der Waals surface area contributed by atoms with E-state index in [1.54, 1.807) is 0 Å². The molecule has 88 valence electrons. The molecule has 0 fully saturated rings. The van der Waals surface area contributed by atoms with Crippen LogP contribution in [0.15, 0.2) is 24.3 Å². The highest BCUT2D eigenvalue weighted by atomic mass is 79.9. The van der Waals surface area contributed by atoms with Gasteiger partial charge in [-0.3, -0.25) is 4.79 Å². The molecule has 0 heterocycles. The molecule has 1 aromatic carbocycles. The lowest BCUT2D eigenvalue weighted by Crippen LogP contribution is -2.33. The predicted molar refractivity (Wildman–Crippen MR) is 71.1 cm³/mol. The zero-order chi connectivity index (χ0) is 12.1. The zero-order valence-electron chi connectivity index (χ0n) is 9.96. The molecule has 0 saturated heterocycles. The zero-order valence-corrected chi connectivity index (χ0v) is 11.5. The third-order valence-corrected chi connectivity index (χ3v) is 2.71. The van der Waals surface area contributed by atoms with Crippen LogP contribution in [0.5, 0.6) is 0 Å². The third kappa shape index (κ3) is 4.35. The van der Waals surface area contributed by atoms with Crippen molar-refractivity contribution in [3.05, 3.63) is 35.4 Å². The van der Waals surface area contributed by atoms with E-state index in [0.717, 1.165) is 17.5 Å². The molecule has 2 unspecified atom stereocenters. The Labute approximate surface area is 106 Å². The van der Waals surface area contributed by atoms with Crippen LogP contribution < -0.4 is 5.32 Å². The van der Waals surface area contributed by atoms with Crippen LogP contribution in [0, 0.1) is 6.92 Å². The summed E-state index contributed by atoms with van der Waals surface area (Å²) in [4.78, 5) is 12.3. The van der Waals surface area contributed by atoms with Gasteiger partial charge in [-0.2, -0.15) is 0 Å². The standard InChI is InChI=1S/C13H18BrNO/c1-9-5-4-6-12(7-9)13(16)15-11(3)8-10(2)14/h4-7,10-11H,8H2,1-3H3,(H,15,16). The van der Waals surface area contributed by atoms with Crippen LogP contribution in [0.4, 0.5) is 0 Å². The van der Waals surface area contributed by atoms with Gasteiger partial charge < -0.3 is 5.32 Å². The predicted octanol–water partition coefficient (Wildman–Crippen LogP) is 3.29. The first-order valence-electron chi connectivity index (χ1n) is 5.50. The van der Waals surface area contributed by atoms with Gasteiger partial charge in [0.15, 0.2) is 0 Å². The number of carbonyl (C=O) groups excluding carboxylic acids is 1. The number of hydrogen-bond acceptors (Lipinski definition) is 1. The lowest BCUT2D eigenvalue weighted by molar-refractivity contribution is 0.0938. The maximum atomic E-state index is 11.9. The summed E-state index contributed by atoms with van der Waals surface area (Å²) < 4.78 is 0. The minimum Gasteiger partial charge on any atom is -0.350 e. The Balaban J connectivity index is 2.59. The molecule has 0 aliphatic rings. The highest BCUT2D eigenvalue weighted by Crippen LogP contribution is 2.08. The van der Waals surface area contributed by atoms with Crippen LogP contribution in [-0.2, 0) is 0 Å². The molecular weight excluding hydrogens is 266 g/mol. The molecule has 3 heteroatoms. The molecule has 1 N–H and O–H groups in total. The van der Waals surface area contributed by atoms with Gasteiger partial charge in [-0.1, -0.05) is 40.5 Å². The SMILES string of the molecule is Cc1cccc(C(=O)NC(C)CC(C)Br)c1. The molecule has 0 aromatic heterocycles. The van der Waals surface area contributed by atoms with Crippen LogP contribution >= 0.6 is 15.9 Å². The monoisotopic (exact) mass is 283 g/mol. The molecule has 0 aliphatic carbocycles. The topological polar surface area (TPSA) is 29.1 Å². The first kappa shape index (κ1) is 13.2. The normalized spacial score (nSPS) is 14.2. The van der Waals surface area contributed by atoms with E-state index in [1.165, 1.54) is 0 Å². The Morgan fingerprint density at radius 3 is 2.69 bits per heavy atom. The van der Waals surface area contributed by atoms with Gasteiger partial charge in [0.25, 0.3) is 5.91 Å². The second-order valence-electron chi connectivity index (χ2n) is 4.26. The molecule has 0 radical (unpaired) electrons. The molecule has 0 spiro atoms. The summed E-state index contributed by atoms with van der Waals surface area (Å²) in [5.74, 6) is 0.00403. The first-order valence-corrected chi connectivity index (χ1v) is 6.42. The van der Waals surface area contributed by atoms with Gasteiger partial charge in [0.05, 0.1) is 0 Å². The number of alkyl halides is 1. The van der Waals surface area contributed by atoms with Crippen molar-refractivity contribution in [2.75, 3.05) is 0 Å². The second kappa shape index (κ2) is 6.04. The Morgan fingerprint density at radius 2 is 2.12 bits per heavy atom. The molecule has 1 amide bonds. The summed E-state index contributed by atoms with van der Waals surface area (Å²) in [6.07, 6.45) is 0.928. The van der Waals surface area contributed by atoms with E-state index >= 15 is 0 Å². The Bertz CT molecular complexity index is 363. The van der Waals surface area contributed by atoms with Gasteiger partial charge in [0, 0.05) is 16.4 Å². The van der Waals surface area contributed by atoms with E-state index in [9.17, 15) is 4.79 Å². The number of halogens is 1. The molecule has 2 atom stereocenters. The number of aryl methyl sites for hydroxylation is 1. The number of nitrogens with one attached hydrogen (secondary N) is 1. The highest BCUT2D eigenvalue weighted by Gasteiger charge is 2.11. The van der Waals surface area contributed by atoms with Gasteiger partial charge in [0.2, 0.25) is 0 Å². The van der Waals surface area contributed by atoms with Crippen molar-refractivity contribution >= 4 is 21.8 Å². The van der Waals surface area contributed by atoms with Gasteiger partial charge >= 0.3 is 0 Å². The lowest BCUT2D eigenvalue weighted by Gasteiger charge is -2.15. The first-order chi connectivity index (χ1) is 7.49. The molecule has 0 aliphatic heterocycles. The third-order valence-electron chi connectivity index (χ3n) is 2.34. The number of benzene rings is 1. The highest BCUT2D eigenvalue weighted by molar-refractivity contribution is 9.09. The molecule has 1 aromatic rings. The van der Waals surface area contributed by atoms with Crippen molar-refractivity contribution in [2.45, 2.75) is 38.1 Å². The van der Waals surface area contributed by atoms with Crippen molar-refractivity contribution in [3.8, 4) is 0 Å². The van der Waals surface area contributed by atoms with Crippen molar-refractivity contribution in [2.24, 2.45) is 0 Å². The van der Waals surface area contributed by atoms with Crippen LogP contribution in [0.25, 0.3) is 0 Å². The summed E-state index contributed by atoms with van der Waals surface area (Å²) in [6.45, 7) is 6.08. The average molecular weight is 284 g/mol. The van der Waals surface area contributed by atoms with E-state index in [-0.39, 0.29) is 11.9 Å². The minimum atomic E-state index is 0.00403. The minimum absolute atomic E-state index is 0.00403. The second-order valence-corrected chi connectivity index (χ2v) is 5.82. The largest absolute Gasteiger partial charge is 0.350 e. The van der Waals surface area contributed by atoms with Crippen LogP contribution in [0.3, 0.4) is 0 Å². The molecular formula is C13H18BrNO. The lowest BCUT2D eigenvalue weighted by atomic mass is 10.1. The molecule has 16 heavy (non-hydrogen) atoms. The van der Waals surface area contributed by atoms with Crippen LogP contribution in [0.1, 0.15) is 36.2 Å². The summed E-state index contributed by atoms with van der Waals surface area (Å²) in [6, 6.07) is 7.82. The van der Waals surface area contributed by atoms with Crippen LogP contribution in [-0.4, -0.2) is 16.8 Å². The summed E-state index contributed by atoms with van der Waals surface area (Å²) >= 11 is 3.48. The number of rotatable bonds is 4. The van der Waals surface area contributed by atoms with Gasteiger partial charge in [-0.15, -0.1) is 0 Å². The van der Waals surface area contributed by atoms with Crippen molar-refractivity contribution in [3.63, 3.8) is 0 Å². The average Bonchev–Trinajstić information content (AvgIpc) is 2.16. The van der Waals surface area contributed by atoms with Crippen molar-refractivity contribution < 1.29 is 4.79 Å². The molecule has 1 rings (SSSR count). The number of hydrogen-bond donors (Lipinski definition) is 1. The summed E-state index contributed by atoms with van der Waals surface area (Å²) in [7, 11) is 0. The fraction of sp³-hybridized carbons (Fsp3) is 0.462. The van der Waals surface area contributed by atoms with E-state index in [4.69, 9.17) is 0 Å². The van der Waals surface area contributed by atoms with Gasteiger partial charge in [-0.05, 0) is 32.4 Å². The summed E-state index contributed by atoms with van der Waals surface area (Å²) in [5.41, 5.74) is 1.84. The summed E-state index contributed by atoms with van der Waals surface area (Å²) in [5, 5.41) is 2.99. The van der Waals surface area contributed by atoms with Crippen molar-refractivity contribution in [1.82, 2.24) is 5.32 Å². The fourth-order valence-corrected chi connectivity index (χ4v) is 2.20. The molecule has 0 saturated carbocycles. The molecule has 0 bridgehead atoms. The van der Waals surface area contributed by atoms with Gasteiger partial charge in [0.1, 0.15) is 0 Å². The van der Waals surface area contributed by atoms with E-state index < -0.39 is 0 Å². The smallest absolute Gasteiger partial charge is 0.251 e. The Hall–Kier alpha value is -0.830. The number of amides is 1. The van der Waals surface area contributed by atoms with Crippen LogP contribution in [0.2, 0.25) is 0 Å². The van der Waals surface area contributed by atoms with Crippen molar-refractivity contribution in [1.29, 1.82) is 0 Å². The van der Waals surface area contributed by atoms with E-state index in [0.29, 0.717) is 4.83 Å². The molecule has 2 nitrogen and oxygen atoms in total. The van der Waals surface area contributed by atoms with E-state index in [2.05, 4.69) is 28.2 Å². The Morgan fingerprint density at radius 1 is 1.44 bits per heavy atom. The Kier molecular flexibility index (Phi) is 5.00. The van der Waals surface area contributed by atoms with Gasteiger partial charge in [-0.25, -0.2) is 0 Å².